The second kappa shape index (κ2) is 24.1. The second-order valence-corrected chi connectivity index (χ2v) is 18.5. The number of rotatable bonds is 8. The number of methoxy groups -OCH3 is 1. The summed E-state index contributed by atoms with van der Waals surface area (Å²) in [5.74, 6) is -1.25. The minimum absolute atomic E-state index is 0. The number of hydrogen-bond donors (Lipinski definition) is 2. The number of anilines is 1. The molecule has 3 aliphatic heterocycles. The predicted octanol–water partition coefficient (Wildman–Crippen LogP) is 7.05. The summed E-state index contributed by atoms with van der Waals surface area (Å²) >= 11 is 0. The van der Waals surface area contributed by atoms with Crippen molar-refractivity contribution in [2.45, 2.75) is 97.9 Å². The number of ether oxygens (including phenoxy) is 2. The number of hydrogen-bond acceptors (Lipinski definition) is 10. The molecule has 2 amide bonds. The smallest absolute Gasteiger partial charge is 0.324 e. The Balaban J connectivity index is 0.00000238. The van der Waals surface area contributed by atoms with Crippen molar-refractivity contribution in [1.82, 2.24) is 35.2 Å². The van der Waals surface area contributed by atoms with E-state index in [1.54, 1.807) is 7.11 Å². The molecule has 20 heteroatoms. The van der Waals surface area contributed by atoms with E-state index in [1.807, 2.05) is 38.2 Å². The van der Waals surface area contributed by atoms with Crippen LogP contribution in [0.4, 0.5) is 14.5 Å². The maximum atomic E-state index is 14.8. The predicted molar refractivity (Wildman–Crippen MR) is 285 cm³/mol. The van der Waals surface area contributed by atoms with Crippen molar-refractivity contribution in [3.63, 3.8) is 0 Å². The van der Waals surface area contributed by atoms with Gasteiger partial charge in [-0.25, -0.2) is 14.2 Å². The zero-order valence-corrected chi connectivity index (χ0v) is 44.5. The number of aromatic nitrogens is 3. The fraction of sp³-hybridized carbons (Fsp3) is 0.553. The number of benzene rings is 1. The van der Waals surface area contributed by atoms with E-state index in [1.165, 1.54) is 17.1 Å². The van der Waals surface area contributed by atoms with Gasteiger partial charge in [-0.05, 0) is 88.4 Å². The number of cyclic esters (lactones) is 1. The van der Waals surface area contributed by atoms with Crippen molar-refractivity contribution in [3.05, 3.63) is 65.1 Å². The van der Waals surface area contributed by atoms with Crippen molar-refractivity contribution >= 4 is 102 Å². The summed E-state index contributed by atoms with van der Waals surface area (Å²) in [4.78, 5) is 56.2. The van der Waals surface area contributed by atoms with Crippen molar-refractivity contribution < 1.29 is 32.6 Å². The molecule has 8 rings (SSSR count). The van der Waals surface area contributed by atoms with E-state index in [0.29, 0.717) is 50.0 Å². The number of alkyl halides is 2. The fourth-order valence-corrected chi connectivity index (χ4v) is 9.29. The van der Waals surface area contributed by atoms with Crippen LogP contribution in [0.25, 0.3) is 33.4 Å². The van der Waals surface area contributed by atoms with Crippen molar-refractivity contribution in [1.29, 1.82) is 0 Å². The summed E-state index contributed by atoms with van der Waals surface area (Å²) in [6.07, 6.45) is 0.840. The van der Waals surface area contributed by atoms with Crippen LogP contribution in [-0.2, 0) is 43.2 Å². The molecule has 13 nitrogen and oxygen atoms in total. The Hall–Kier alpha value is -3.24. The molecule has 372 valence electrons. The molecule has 0 radical (unpaired) electrons. The number of halogens is 2. The Kier molecular flexibility index (Phi) is 20.8. The summed E-state index contributed by atoms with van der Waals surface area (Å²) < 4.78 is 43.9. The van der Waals surface area contributed by atoms with Crippen LogP contribution in [0, 0.1) is 17.3 Å². The van der Waals surface area contributed by atoms with Gasteiger partial charge in [-0.2, -0.15) is 67.5 Å². The Labute approximate surface area is 428 Å². The lowest BCUT2D eigenvalue weighted by Gasteiger charge is -2.35. The van der Waals surface area contributed by atoms with Gasteiger partial charge in [0.2, 0.25) is 5.91 Å². The Morgan fingerprint density at radius 3 is 2.37 bits per heavy atom. The Morgan fingerprint density at radius 1 is 1.03 bits per heavy atom. The normalized spacial score (nSPS) is 22.1. The van der Waals surface area contributed by atoms with Gasteiger partial charge < -0.3 is 29.2 Å². The summed E-state index contributed by atoms with van der Waals surface area (Å²) in [5.41, 5.74) is 9.14. The number of nitrogens with zero attached hydrogens (tertiary/aromatic N) is 6. The van der Waals surface area contributed by atoms with Gasteiger partial charge in [0.05, 0.1) is 41.7 Å². The second-order valence-electron chi connectivity index (χ2n) is 18.5. The van der Waals surface area contributed by atoms with Crippen molar-refractivity contribution in [2.24, 2.45) is 17.3 Å². The molecule has 0 unspecified atom stereocenters. The number of hydrazine groups is 1. The van der Waals surface area contributed by atoms with E-state index in [0.717, 1.165) is 65.3 Å². The number of piperazine rings is 1. The lowest BCUT2D eigenvalue weighted by Crippen LogP contribution is -2.60. The standard InChI is InChI=1S/C47H60F2N8O5.5H2S/c1-8-56-40-12-11-29-20-34(40)36(42(56)35-23-32(25-50-41(35)28(3)61-7)55-16-14-54(6)15-17-55)24-47(4,5)26-62-46(60)37-10-9-13-57(53-37)45(59)39(52-44(58)33-18-27(33)2)22-31-19-30(43(48)49)21-38(29)51-31;;;;;/h11-12,19-21,23,25,27-28,33,37,39,43,53H,8-10,13-18,22,24,26H2,1-7H3,(H,52,58);5*1H2/t27-,28-,33-,37-,39-;;;;;/m0...../s1. The van der Waals surface area contributed by atoms with Gasteiger partial charge >= 0.3 is 5.97 Å². The van der Waals surface area contributed by atoms with Gasteiger partial charge in [0.15, 0.2) is 0 Å². The van der Waals surface area contributed by atoms with Gasteiger partial charge in [-0.3, -0.25) is 29.4 Å². The third-order valence-corrected chi connectivity index (χ3v) is 13.2. The van der Waals surface area contributed by atoms with Crippen LogP contribution in [0.3, 0.4) is 0 Å². The number of fused-ring (bicyclic) bond motifs is 6. The first-order chi connectivity index (χ1) is 29.6. The van der Waals surface area contributed by atoms with E-state index in [-0.39, 0.29) is 116 Å². The molecule has 6 heterocycles. The quantitative estimate of drug-likeness (QED) is 0.177. The van der Waals surface area contributed by atoms with Gasteiger partial charge in [0.25, 0.3) is 12.3 Å². The molecule has 3 aromatic heterocycles. The monoisotopic (exact) mass is 1020 g/mol. The van der Waals surface area contributed by atoms with Crippen LogP contribution in [0.1, 0.15) is 88.9 Å². The highest BCUT2D eigenvalue weighted by Gasteiger charge is 2.42. The number of esters is 1. The first-order valence-corrected chi connectivity index (χ1v) is 22.1. The molecule has 0 spiro atoms. The highest BCUT2D eigenvalue weighted by molar-refractivity contribution is 7.60. The van der Waals surface area contributed by atoms with E-state index >= 15 is 0 Å². The summed E-state index contributed by atoms with van der Waals surface area (Å²) in [6, 6.07) is 8.98. The maximum Gasteiger partial charge on any atom is 0.324 e. The highest BCUT2D eigenvalue weighted by Crippen LogP contribution is 2.43. The molecule has 1 aromatic carbocycles. The minimum Gasteiger partial charge on any atom is -0.464 e. The highest BCUT2D eigenvalue weighted by atomic mass is 32.1. The minimum atomic E-state index is -2.81. The number of carbonyl (C=O) groups excluding carboxylic acids is 3. The SMILES string of the molecule is CCn1c(-c2cc(N3CCN(C)CC3)cnc2[C@H](C)OC)c2c3cc(ccc31)-c1cc(C(F)F)cc(n1)C[C@H](NC(=O)[C@H]1C[C@@H]1C)C(=O)N1CCC[C@H](N1)C(=O)OCC(C)(C)C2.S.S.S.S.S. The molecule has 5 atom stereocenters. The van der Waals surface area contributed by atoms with E-state index < -0.39 is 35.8 Å². The van der Waals surface area contributed by atoms with E-state index in [2.05, 4.69) is 59.0 Å². The average Bonchev–Trinajstić information content (AvgIpc) is 3.94. The van der Waals surface area contributed by atoms with E-state index in [9.17, 15) is 23.2 Å². The third kappa shape index (κ3) is 12.6. The lowest BCUT2D eigenvalue weighted by atomic mass is 9.84. The zero-order valence-electron chi connectivity index (χ0n) is 39.5. The zero-order chi connectivity index (χ0) is 44.0. The van der Waals surface area contributed by atoms with Gasteiger partial charge in [-0.1, -0.05) is 26.8 Å². The van der Waals surface area contributed by atoms with Crippen LogP contribution in [0.15, 0.2) is 42.6 Å². The Bertz CT molecular complexity index is 2370. The molecule has 3 fully saturated rings. The van der Waals surface area contributed by atoms with Gasteiger partial charge in [0.1, 0.15) is 12.1 Å². The Morgan fingerprint density at radius 2 is 1.73 bits per heavy atom. The molecular formula is C47H70F2N8O5S5. The number of nitrogens with one attached hydrogen (secondary N) is 2. The molecule has 1 saturated carbocycles. The largest absolute Gasteiger partial charge is 0.464 e. The molecule has 2 N–H and O–H groups in total. The molecular weight excluding hydrogens is 955 g/mol. The van der Waals surface area contributed by atoms with Crippen LogP contribution in [0.2, 0.25) is 0 Å². The molecule has 4 aliphatic rings. The van der Waals surface area contributed by atoms with Crippen molar-refractivity contribution in [2.75, 3.05) is 58.4 Å². The summed E-state index contributed by atoms with van der Waals surface area (Å²) in [7, 11) is 3.81. The number of aryl methyl sites for hydroxylation is 1. The summed E-state index contributed by atoms with van der Waals surface area (Å²) in [5, 5.41) is 5.20. The molecule has 2 saturated heterocycles. The molecule has 6 bridgehead atoms. The number of pyridine rings is 2. The lowest BCUT2D eigenvalue weighted by molar-refractivity contribution is -0.155. The molecule has 67 heavy (non-hydrogen) atoms. The van der Waals surface area contributed by atoms with Gasteiger partial charge in [-0.15, -0.1) is 0 Å². The topological polar surface area (TPSA) is 134 Å². The number of likely N-dealkylation sites (N-methyl/N-ethyl adjacent to an activating group) is 1. The average molecular weight is 1030 g/mol. The van der Waals surface area contributed by atoms with Crippen molar-refractivity contribution in [3.8, 4) is 22.5 Å². The molecule has 1 aliphatic carbocycles. The number of carbonyl (C=O) groups is 3. The fourth-order valence-electron chi connectivity index (χ4n) is 9.29. The van der Waals surface area contributed by atoms with Gasteiger partial charge in [0, 0.05) is 97.4 Å². The first-order valence-electron chi connectivity index (χ1n) is 22.1. The number of amides is 2. The maximum absolute atomic E-state index is 14.8. The van der Waals surface area contributed by atoms with Crippen LogP contribution >= 0.6 is 67.5 Å². The van der Waals surface area contributed by atoms with E-state index in [4.69, 9.17) is 19.4 Å². The van der Waals surface area contributed by atoms with Crippen LogP contribution < -0.4 is 15.6 Å². The van der Waals surface area contributed by atoms with Crippen LogP contribution in [0.5, 0.6) is 0 Å². The third-order valence-electron chi connectivity index (χ3n) is 13.2. The van der Waals surface area contributed by atoms with Crippen LogP contribution in [-0.4, -0.2) is 108 Å². The first kappa shape index (κ1) is 58.1. The molecule has 4 aromatic rings. The summed E-state index contributed by atoms with van der Waals surface area (Å²) in [6.45, 7) is 14.8.